The zero-order valence-corrected chi connectivity index (χ0v) is 9.62. The van der Waals surface area contributed by atoms with E-state index in [-0.39, 0.29) is 0 Å². The highest BCUT2D eigenvalue weighted by Crippen LogP contribution is 2.07. The van der Waals surface area contributed by atoms with Gasteiger partial charge in [0.05, 0.1) is 7.11 Å². The van der Waals surface area contributed by atoms with Crippen LogP contribution in [0.15, 0.2) is 0 Å². The summed E-state index contributed by atoms with van der Waals surface area (Å²) in [6.45, 7) is 2.06. The number of methoxy groups -OCH3 is 1. The highest BCUT2D eigenvalue weighted by Gasteiger charge is 2.22. The van der Waals surface area contributed by atoms with Gasteiger partial charge in [0.2, 0.25) is 0 Å². The molecule has 0 rings (SSSR count). The zero-order chi connectivity index (χ0) is 12.4. The zero-order valence-electron chi connectivity index (χ0n) is 9.62. The Morgan fingerprint density at radius 2 is 2.00 bits per heavy atom. The van der Waals surface area contributed by atoms with Gasteiger partial charge in [-0.2, -0.15) is 0 Å². The third-order valence-corrected chi connectivity index (χ3v) is 2.18. The quantitative estimate of drug-likeness (QED) is 0.686. The fourth-order valence-electron chi connectivity index (χ4n) is 1.28. The van der Waals surface area contributed by atoms with Crippen LogP contribution in [0, 0.1) is 0 Å². The molecule has 0 aromatic rings. The molecule has 5 nitrogen and oxygen atoms in total. The second-order valence-electron chi connectivity index (χ2n) is 3.43. The van der Waals surface area contributed by atoms with Gasteiger partial charge in [-0.3, -0.25) is 4.94 Å². The van der Waals surface area contributed by atoms with E-state index >= 15 is 0 Å². The molecular formula is C10H18FNO4. The number of hydrogen-bond acceptors (Lipinski definition) is 4. The Hall–Kier alpha value is -1.33. The van der Waals surface area contributed by atoms with Crippen molar-refractivity contribution >= 4 is 12.1 Å². The number of ether oxygens (including phenoxy) is 1. The molecule has 1 unspecified atom stereocenters. The van der Waals surface area contributed by atoms with Crippen molar-refractivity contribution in [2.45, 2.75) is 45.1 Å². The van der Waals surface area contributed by atoms with Crippen LogP contribution in [0.4, 0.5) is 9.32 Å². The standard InChI is InChI=1S/C10H18FNO4/c1-3-4-5-6-7-8(9(13)16-11)12-10(14)15-2/h8H,3-7H2,1-2H3,(H,12,14). The first kappa shape index (κ1) is 14.7. The van der Waals surface area contributed by atoms with E-state index in [1.165, 1.54) is 7.11 Å². The van der Waals surface area contributed by atoms with Crippen molar-refractivity contribution < 1.29 is 23.8 Å². The van der Waals surface area contributed by atoms with E-state index in [4.69, 9.17) is 0 Å². The van der Waals surface area contributed by atoms with Gasteiger partial charge in [0.1, 0.15) is 6.04 Å². The third kappa shape index (κ3) is 6.21. The van der Waals surface area contributed by atoms with E-state index in [1.807, 2.05) is 0 Å². The third-order valence-electron chi connectivity index (χ3n) is 2.18. The van der Waals surface area contributed by atoms with E-state index in [9.17, 15) is 14.1 Å². The minimum Gasteiger partial charge on any atom is -0.453 e. The first-order chi connectivity index (χ1) is 7.65. The average Bonchev–Trinajstić information content (AvgIpc) is 2.31. The van der Waals surface area contributed by atoms with Crippen LogP contribution in [0.1, 0.15) is 39.0 Å². The largest absolute Gasteiger partial charge is 0.453 e. The van der Waals surface area contributed by atoms with Crippen molar-refractivity contribution in [2.75, 3.05) is 7.11 Å². The second kappa shape index (κ2) is 8.94. The van der Waals surface area contributed by atoms with Crippen molar-refractivity contribution in [1.82, 2.24) is 5.32 Å². The molecule has 0 aliphatic heterocycles. The van der Waals surface area contributed by atoms with E-state index in [0.29, 0.717) is 6.42 Å². The Balaban J connectivity index is 4.00. The highest BCUT2D eigenvalue weighted by atomic mass is 19.3. The number of carbonyl (C=O) groups is 2. The first-order valence-electron chi connectivity index (χ1n) is 5.32. The Labute approximate surface area is 94.2 Å². The molecule has 0 aromatic heterocycles. The maximum atomic E-state index is 11.7. The number of amides is 1. The molecule has 0 radical (unpaired) electrons. The van der Waals surface area contributed by atoms with Gasteiger partial charge in [0.25, 0.3) is 0 Å². The second-order valence-corrected chi connectivity index (χ2v) is 3.43. The summed E-state index contributed by atoms with van der Waals surface area (Å²) in [5, 5.41) is 2.22. The van der Waals surface area contributed by atoms with Crippen LogP contribution in [0.25, 0.3) is 0 Å². The monoisotopic (exact) mass is 235 g/mol. The minimum atomic E-state index is -1.10. The smallest absolute Gasteiger partial charge is 0.407 e. The van der Waals surface area contributed by atoms with Crippen molar-refractivity contribution in [3.63, 3.8) is 0 Å². The predicted octanol–water partition coefficient (Wildman–Crippen LogP) is 2.11. The molecule has 1 atom stereocenters. The lowest BCUT2D eigenvalue weighted by Crippen LogP contribution is -2.41. The van der Waals surface area contributed by atoms with Gasteiger partial charge in [-0.1, -0.05) is 32.6 Å². The van der Waals surface area contributed by atoms with Gasteiger partial charge < -0.3 is 10.1 Å². The Bertz CT molecular complexity index is 223. The number of rotatable bonds is 7. The van der Waals surface area contributed by atoms with Gasteiger partial charge in [0, 0.05) is 4.53 Å². The summed E-state index contributed by atoms with van der Waals surface area (Å²) < 4.78 is 16.0. The van der Waals surface area contributed by atoms with Crippen LogP contribution in [-0.4, -0.2) is 25.2 Å². The number of carbonyl (C=O) groups excluding carboxylic acids is 2. The number of hydrogen-bond donors (Lipinski definition) is 1. The molecule has 16 heavy (non-hydrogen) atoms. The van der Waals surface area contributed by atoms with Crippen molar-refractivity contribution in [2.24, 2.45) is 0 Å². The molecule has 0 aliphatic rings. The maximum absolute atomic E-state index is 11.7. The summed E-state index contributed by atoms with van der Waals surface area (Å²) >= 11 is 0. The van der Waals surface area contributed by atoms with Crippen LogP contribution in [0.3, 0.4) is 0 Å². The Morgan fingerprint density at radius 1 is 1.31 bits per heavy atom. The fraction of sp³-hybridized carbons (Fsp3) is 0.800. The number of alkyl carbamates (subject to hydrolysis) is 1. The molecule has 6 heteroatoms. The normalized spacial score (nSPS) is 11.7. The Morgan fingerprint density at radius 3 is 2.50 bits per heavy atom. The summed E-state index contributed by atoms with van der Waals surface area (Å²) in [5.74, 6) is -1.10. The van der Waals surface area contributed by atoms with Crippen molar-refractivity contribution in [3.05, 3.63) is 0 Å². The molecule has 94 valence electrons. The maximum Gasteiger partial charge on any atom is 0.407 e. The molecule has 0 saturated heterocycles. The number of nitrogens with one attached hydrogen (secondary N) is 1. The fourth-order valence-corrected chi connectivity index (χ4v) is 1.28. The molecule has 0 bridgehead atoms. The van der Waals surface area contributed by atoms with Crippen molar-refractivity contribution in [1.29, 1.82) is 0 Å². The topological polar surface area (TPSA) is 64.6 Å². The van der Waals surface area contributed by atoms with Crippen LogP contribution in [0.2, 0.25) is 0 Å². The average molecular weight is 235 g/mol. The van der Waals surface area contributed by atoms with Gasteiger partial charge in [-0.25, -0.2) is 9.59 Å². The van der Waals surface area contributed by atoms with E-state index in [2.05, 4.69) is 21.9 Å². The molecular weight excluding hydrogens is 217 g/mol. The van der Waals surface area contributed by atoms with Crippen LogP contribution in [0.5, 0.6) is 0 Å². The lowest BCUT2D eigenvalue weighted by atomic mass is 10.1. The molecule has 0 aliphatic carbocycles. The molecule has 0 heterocycles. The predicted molar refractivity (Wildman–Crippen MR) is 55.3 cm³/mol. The van der Waals surface area contributed by atoms with E-state index in [0.717, 1.165) is 25.7 Å². The molecule has 0 fully saturated rings. The molecule has 0 aromatic carbocycles. The first-order valence-corrected chi connectivity index (χ1v) is 5.32. The van der Waals surface area contributed by atoms with Crippen LogP contribution >= 0.6 is 0 Å². The summed E-state index contributed by atoms with van der Waals surface area (Å²) in [6.07, 6.45) is 3.31. The van der Waals surface area contributed by atoms with Crippen LogP contribution < -0.4 is 5.32 Å². The molecule has 1 amide bonds. The summed E-state index contributed by atoms with van der Waals surface area (Å²) in [6, 6.07) is -0.977. The van der Waals surface area contributed by atoms with Gasteiger partial charge in [0.15, 0.2) is 0 Å². The highest BCUT2D eigenvalue weighted by molar-refractivity contribution is 5.80. The molecule has 0 spiro atoms. The number of halogens is 1. The Kier molecular flexibility index (Phi) is 8.19. The van der Waals surface area contributed by atoms with Crippen molar-refractivity contribution in [3.8, 4) is 0 Å². The lowest BCUT2D eigenvalue weighted by Gasteiger charge is -2.13. The minimum absolute atomic E-state index is 0.345. The SMILES string of the molecule is CCCCCCC(NC(=O)OC)C(=O)OF. The molecule has 0 saturated carbocycles. The van der Waals surface area contributed by atoms with Gasteiger partial charge in [-0.15, -0.1) is 0 Å². The van der Waals surface area contributed by atoms with Gasteiger partial charge >= 0.3 is 12.1 Å². The van der Waals surface area contributed by atoms with Crippen LogP contribution in [-0.2, 0) is 14.5 Å². The molecule has 1 N–H and O–H groups in total. The summed E-state index contributed by atoms with van der Waals surface area (Å²) in [7, 11) is 1.17. The number of unbranched alkanes of at least 4 members (excludes halogenated alkanes) is 3. The summed E-state index contributed by atoms with van der Waals surface area (Å²) in [5.41, 5.74) is 0. The van der Waals surface area contributed by atoms with E-state index in [1.54, 1.807) is 0 Å². The lowest BCUT2D eigenvalue weighted by molar-refractivity contribution is -0.186. The van der Waals surface area contributed by atoms with Gasteiger partial charge in [-0.05, 0) is 6.42 Å². The summed E-state index contributed by atoms with van der Waals surface area (Å²) in [4.78, 5) is 24.9. The van der Waals surface area contributed by atoms with E-state index < -0.39 is 18.1 Å².